The van der Waals surface area contributed by atoms with E-state index in [9.17, 15) is 32.6 Å². The zero-order valence-corrected chi connectivity index (χ0v) is 64.5. The predicted octanol–water partition coefficient (Wildman–Crippen LogP) is 7.76. The van der Waals surface area contributed by atoms with E-state index in [4.69, 9.17) is 28.6 Å². The van der Waals surface area contributed by atoms with E-state index in [1.54, 1.807) is 82.2 Å². The minimum Gasteiger partial charge on any atom is -0.354 e. The van der Waals surface area contributed by atoms with Crippen LogP contribution in [0.3, 0.4) is 0 Å². The highest BCUT2D eigenvalue weighted by atomic mass is 32.2. The molecule has 2 aliphatic carbocycles. The Labute approximate surface area is 653 Å². The first-order valence-electron chi connectivity index (χ1n) is 36.5. The van der Waals surface area contributed by atoms with Crippen molar-refractivity contribution < 1.29 is 16.8 Å². The Morgan fingerprint density at radius 1 is 0.500 bits per heavy atom. The zero-order chi connectivity index (χ0) is 77.8. The first-order valence-corrected chi connectivity index (χ1v) is 40.1. The number of hydrogen-bond acceptors (Lipinski definition) is 20. The van der Waals surface area contributed by atoms with Crippen LogP contribution in [0.1, 0.15) is 49.3 Å². The Kier molecular flexibility index (Phi) is 21.1. The molecule has 0 unspecified atom stereocenters. The van der Waals surface area contributed by atoms with E-state index < -0.39 is 20.0 Å². The molecule has 0 aromatic carbocycles. The van der Waals surface area contributed by atoms with E-state index >= 15 is 0 Å². The number of fused-ring (bicyclic) bond motifs is 3. The number of rotatable bonds is 15. The maximum atomic E-state index is 13.0. The van der Waals surface area contributed by atoms with Gasteiger partial charge < -0.3 is 24.9 Å². The summed E-state index contributed by atoms with van der Waals surface area (Å²) in [6.07, 6.45) is 36.5. The van der Waals surface area contributed by atoms with Crippen LogP contribution in [0.5, 0.6) is 0 Å². The van der Waals surface area contributed by atoms with Crippen molar-refractivity contribution in [2.45, 2.75) is 32.6 Å². The maximum Gasteiger partial charge on any atom is 0.225 e. The fourth-order valence-electron chi connectivity index (χ4n) is 14.2. The molecule has 0 spiro atoms. The normalized spacial score (nSPS) is 15.6. The van der Waals surface area contributed by atoms with Gasteiger partial charge in [-0.1, -0.05) is 23.7 Å². The second-order valence-electron chi connectivity index (χ2n) is 28.1. The van der Waals surface area contributed by atoms with Gasteiger partial charge in [-0.05, 0) is 99.4 Å². The minimum atomic E-state index is -3.42. The SMILES string of the molecule is C#CCS(=O)(=O)N1CCN(c2ccc(-c3cc(-c4cnn(C)c4)cn4ncc(C#N)c34)cn2)CC1.CC#CC1(CS(=O)(=O)N2CCN(c3ccc(-c4cc(-c5cnn(C)c5)cn5ncc(C#N)c45)cn3)CC2)CC1.Cn1cc(-c2cc(-c3ccc(N4CCN(C(=S)NCC#CC5CC5)CC4)nc3)c3c(C#N)cnn3c2)cn1. The third-order valence-electron chi connectivity index (χ3n) is 20.5. The van der Waals surface area contributed by atoms with Gasteiger partial charge in [0.1, 0.15) is 41.4 Å². The number of thiocarbonyl (C=S) groups is 1. The summed E-state index contributed by atoms with van der Waals surface area (Å²) >= 11 is 5.57. The van der Waals surface area contributed by atoms with Crippen molar-refractivity contribution in [2.75, 3.05) is 111 Å². The Hall–Kier alpha value is -12.8. The van der Waals surface area contributed by atoms with Gasteiger partial charge >= 0.3 is 0 Å². The minimum absolute atomic E-state index is 0.111. The van der Waals surface area contributed by atoms with E-state index in [1.807, 2.05) is 118 Å². The lowest BCUT2D eigenvalue weighted by atomic mass is 10.0. The molecule has 5 aliphatic rings. The average molecular weight is 1550 g/mol. The number of piperazine rings is 3. The van der Waals surface area contributed by atoms with Crippen molar-refractivity contribution in [3.63, 3.8) is 0 Å². The van der Waals surface area contributed by atoms with Crippen LogP contribution in [-0.2, 0) is 41.2 Å². The van der Waals surface area contributed by atoms with Gasteiger partial charge in [0.15, 0.2) is 5.11 Å². The standard InChI is InChI=1S/C28H27N9S.C28H28N8O2S.C24H22N8O2S/c1-34-18-24(17-32-34)22-13-25(27-23(14-29)16-33-37(27)19-22)21-6-7-26(31-15-21)35-9-11-36(12-10-35)28(38)30-8-2-3-20-4-5-20;1-3-6-28(7-8-28)20-39(37,38)35-11-9-34(10-12-35)26-5-4-21(15-30-26)25-13-22(24-17-31-33(2)18-24)19-36-27(25)23(14-29)16-32-36;1-3-10-35(33,34)31-8-6-30(7-9-31)23-5-4-18(13-26-23)22-11-19(21-15-27-29(2)16-21)17-32-24(22)20(12-25)14-28-32/h6-7,13,15-20H,4-5,8-12H2,1H3,(H,30,38);4-5,13,15-19H,7-12,20H2,1-2H3;1,4-5,11,13-17H,6-10H2,2H3. The maximum absolute atomic E-state index is 13.0. The molecule has 17 rings (SSSR count). The van der Waals surface area contributed by atoms with Crippen molar-refractivity contribution >= 4 is 71.4 Å². The van der Waals surface area contributed by atoms with Gasteiger partial charge in [0.25, 0.3) is 0 Å². The largest absolute Gasteiger partial charge is 0.354 e. The lowest BCUT2D eigenvalue weighted by Crippen LogP contribution is -2.52. The molecule has 3 aliphatic heterocycles. The molecule has 29 nitrogen and oxygen atoms in total. The van der Waals surface area contributed by atoms with E-state index in [0.29, 0.717) is 87.0 Å². The van der Waals surface area contributed by atoms with Crippen LogP contribution >= 0.6 is 12.2 Å². The summed E-state index contributed by atoms with van der Waals surface area (Å²) in [6, 6.07) is 24.8. The molecule has 5 fully saturated rings. The highest BCUT2D eigenvalue weighted by molar-refractivity contribution is 7.89. The fraction of sp³-hybridized carbons (Fsp3) is 0.312. The van der Waals surface area contributed by atoms with Gasteiger partial charge in [-0.25, -0.2) is 45.3 Å². The van der Waals surface area contributed by atoms with Crippen molar-refractivity contribution in [1.29, 1.82) is 15.8 Å². The second kappa shape index (κ2) is 31.7. The lowest BCUT2D eigenvalue weighted by molar-refractivity contribution is 0.380. The van der Waals surface area contributed by atoms with Crippen LogP contribution in [-0.4, -0.2) is 205 Å². The van der Waals surface area contributed by atoms with Crippen molar-refractivity contribution in [3.05, 3.63) is 164 Å². The van der Waals surface area contributed by atoms with Crippen LogP contribution in [0.15, 0.2) is 148 Å². The number of nitriles is 3. The lowest BCUT2D eigenvalue weighted by Gasteiger charge is -2.36. The molecule has 0 atom stereocenters. The molecule has 3 saturated heterocycles. The fourth-order valence-corrected chi connectivity index (χ4v) is 17.5. The molecule has 12 aromatic rings. The smallest absolute Gasteiger partial charge is 0.225 e. The number of anilines is 3. The summed E-state index contributed by atoms with van der Waals surface area (Å²) in [5.41, 5.74) is 14.3. The highest BCUT2D eigenvalue weighted by Gasteiger charge is 2.47. The van der Waals surface area contributed by atoms with Crippen LogP contribution < -0.4 is 20.0 Å². The zero-order valence-electron chi connectivity index (χ0n) is 62.0. The number of aromatic nitrogens is 15. The highest BCUT2D eigenvalue weighted by Crippen LogP contribution is 2.47. The predicted molar refractivity (Wildman–Crippen MR) is 430 cm³/mol. The quantitative estimate of drug-likeness (QED) is 0.0757. The molecule has 112 heavy (non-hydrogen) atoms. The molecular formula is C80H77N25O4S3. The summed E-state index contributed by atoms with van der Waals surface area (Å²) in [6.45, 7) is 9.49. The van der Waals surface area contributed by atoms with Crippen LogP contribution in [0.2, 0.25) is 0 Å². The average Bonchev–Trinajstić information content (AvgIpc) is 1.58. The molecule has 0 amide bonds. The first kappa shape index (κ1) is 74.7. The Morgan fingerprint density at radius 2 is 0.884 bits per heavy atom. The molecule has 12 aromatic heterocycles. The van der Waals surface area contributed by atoms with Gasteiger partial charge in [0.05, 0.1) is 82.7 Å². The third-order valence-corrected chi connectivity index (χ3v) is 24.6. The molecule has 2 saturated carbocycles. The molecule has 15 heterocycles. The summed E-state index contributed by atoms with van der Waals surface area (Å²) < 4.78 is 63.9. The van der Waals surface area contributed by atoms with Crippen molar-refractivity contribution in [3.8, 4) is 121 Å². The van der Waals surface area contributed by atoms with Crippen LogP contribution in [0.25, 0.3) is 83.3 Å². The van der Waals surface area contributed by atoms with E-state index in [2.05, 4.69) is 116 Å². The van der Waals surface area contributed by atoms with Gasteiger partial charge in [-0.3, -0.25) is 14.0 Å². The number of nitrogens with zero attached hydrogens (tertiary/aromatic N) is 24. The van der Waals surface area contributed by atoms with Crippen molar-refractivity contribution in [2.24, 2.45) is 32.5 Å². The number of sulfonamides is 2. The van der Waals surface area contributed by atoms with E-state index in [0.717, 1.165) is 139 Å². The molecule has 32 heteroatoms. The Bertz CT molecular complexity index is 6110. The number of pyridine rings is 6. The number of terminal acetylenes is 1. The summed E-state index contributed by atoms with van der Waals surface area (Å²) in [5, 5.41) is 59.0. The van der Waals surface area contributed by atoms with Crippen molar-refractivity contribution in [1.82, 2.24) is 92.0 Å². The topological polar surface area (TPSA) is 315 Å². The monoisotopic (exact) mass is 1550 g/mol. The van der Waals surface area contributed by atoms with Gasteiger partial charge in [0, 0.05) is 234 Å². The van der Waals surface area contributed by atoms with Gasteiger partial charge in [0.2, 0.25) is 20.0 Å². The summed E-state index contributed by atoms with van der Waals surface area (Å²) in [4.78, 5) is 22.8. The Balaban J connectivity index is 0.000000133. The molecule has 1 N–H and O–H groups in total. The number of nitrogens with one attached hydrogen (secondary N) is 1. The molecular weight excluding hydrogens is 1470 g/mol. The Morgan fingerprint density at radius 3 is 1.21 bits per heavy atom. The second-order valence-corrected chi connectivity index (χ2v) is 32.4. The van der Waals surface area contributed by atoms with Crippen LogP contribution in [0.4, 0.5) is 17.5 Å². The number of hydrogen-bond donors (Lipinski definition) is 1. The third kappa shape index (κ3) is 16.1. The van der Waals surface area contributed by atoms with Gasteiger partial charge in [-0.2, -0.15) is 55.0 Å². The number of aryl methyl sites for hydroxylation is 3. The van der Waals surface area contributed by atoms with E-state index in [-0.39, 0.29) is 16.9 Å². The van der Waals surface area contributed by atoms with Gasteiger partial charge in [-0.15, -0.1) is 12.3 Å². The first-order chi connectivity index (χ1) is 54.3. The van der Waals surface area contributed by atoms with E-state index in [1.165, 1.54) is 17.1 Å². The summed E-state index contributed by atoms with van der Waals surface area (Å²) in [5.74, 6) is 17.6. The molecule has 564 valence electrons. The van der Waals surface area contributed by atoms with Crippen LogP contribution in [0, 0.1) is 81.4 Å². The molecule has 0 radical (unpaired) electrons. The molecule has 0 bridgehead atoms. The summed E-state index contributed by atoms with van der Waals surface area (Å²) in [7, 11) is -1.16.